The van der Waals surface area contributed by atoms with E-state index in [0.29, 0.717) is 12.5 Å². The van der Waals surface area contributed by atoms with Crippen LogP contribution in [0.5, 0.6) is 0 Å². The molecule has 1 atom stereocenters. The number of oxime groups is 1. The maximum atomic E-state index is 10.9. The highest BCUT2D eigenvalue weighted by Gasteiger charge is 2.26. The Labute approximate surface area is 146 Å². The minimum absolute atomic E-state index is 0.0186. The third-order valence-electron chi connectivity index (χ3n) is 5.26. The average molecular weight is 341 g/mol. The first-order valence-corrected chi connectivity index (χ1v) is 9.11. The molecular weight excluding hydrogens is 318 g/mol. The van der Waals surface area contributed by atoms with Crippen LogP contribution in [0.4, 0.5) is 0 Å². The minimum atomic E-state index is -0.858. The first-order valence-electron chi connectivity index (χ1n) is 9.11. The second-order valence-electron chi connectivity index (χ2n) is 6.98. The molecule has 1 fully saturated rings. The van der Waals surface area contributed by atoms with Crippen LogP contribution in [0.3, 0.4) is 0 Å². The SMILES string of the molecule is CCc1nn(C2CCCC2)c2cc(C3=NOC(CC(=O)O)C3)ccc12. The van der Waals surface area contributed by atoms with E-state index in [1.54, 1.807) is 0 Å². The number of hydrogen-bond donors (Lipinski definition) is 1. The fraction of sp³-hybridized carbons (Fsp3) is 0.526. The molecule has 25 heavy (non-hydrogen) atoms. The molecule has 2 heterocycles. The predicted molar refractivity (Wildman–Crippen MR) is 94.9 cm³/mol. The van der Waals surface area contributed by atoms with Crippen LogP contribution in [-0.2, 0) is 16.1 Å². The van der Waals surface area contributed by atoms with Crippen LogP contribution in [0.1, 0.15) is 62.7 Å². The molecule has 1 aliphatic heterocycles. The number of nitrogens with zero attached hydrogens (tertiary/aromatic N) is 3. The number of rotatable bonds is 5. The Bertz CT molecular complexity index is 834. The third-order valence-corrected chi connectivity index (χ3v) is 5.26. The molecule has 0 bridgehead atoms. The number of aryl methyl sites for hydroxylation is 1. The van der Waals surface area contributed by atoms with Crippen LogP contribution in [0.2, 0.25) is 0 Å². The largest absolute Gasteiger partial charge is 0.481 e. The molecule has 1 N–H and O–H groups in total. The monoisotopic (exact) mass is 341 g/mol. The Morgan fingerprint density at radius 1 is 1.36 bits per heavy atom. The van der Waals surface area contributed by atoms with Gasteiger partial charge in [0.2, 0.25) is 0 Å². The Morgan fingerprint density at radius 3 is 2.88 bits per heavy atom. The van der Waals surface area contributed by atoms with Gasteiger partial charge in [0.15, 0.2) is 0 Å². The van der Waals surface area contributed by atoms with Crippen LogP contribution < -0.4 is 0 Å². The fourth-order valence-corrected chi connectivity index (χ4v) is 3.97. The number of aliphatic carboxylic acids is 1. The van der Waals surface area contributed by atoms with Crippen LogP contribution in [-0.4, -0.2) is 32.7 Å². The first-order chi connectivity index (χ1) is 12.2. The van der Waals surface area contributed by atoms with Gasteiger partial charge in [0.05, 0.1) is 29.4 Å². The van der Waals surface area contributed by atoms with Gasteiger partial charge in [-0.05, 0) is 25.3 Å². The van der Waals surface area contributed by atoms with Gasteiger partial charge in [0.25, 0.3) is 0 Å². The highest BCUT2D eigenvalue weighted by atomic mass is 16.6. The van der Waals surface area contributed by atoms with Crippen molar-refractivity contribution in [3.05, 3.63) is 29.5 Å². The summed E-state index contributed by atoms with van der Waals surface area (Å²) in [4.78, 5) is 16.1. The van der Waals surface area contributed by atoms with Gasteiger partial charge in [0, 0.05) is 17.4 Å². The summed E-state index contributed by atoms with van der Waals surface area (Å²) >= 11 is 0. The summed E-state index contributed by atoms with van der Waals surface area (Å²) in [5.41, 5.74) is 4.13. The zero-order valence-electron chi connectivity index (χ0n) is 14.4. The summed E-state index contributed by atoms with van der Waals surface area (Å²) in [6.45, 7) is 2.14. The molecule has 4 rings (SSSR count). The summed E-state index contributed by atoms with van der Waals surface area (Å²) in [5, 5.41) is 19.1. The highest BCUT2D eigenvalue weighted by molar-refractivity contribution is 6.04. The zero-order valence-corrected chi connectivity index (χ0v) is 14.4. The lowest BCUT2D eigenvalue weighted by molar-refractivity contribution is -0.139. The van der Waals surface area contributed by atoms with E-state index in [4.69, 9.17) is 15.0 Å². The van der Waals surface area contributed by atoms with Gasteiger partial charge in [-0.2, -0.15) is 5.10 Å². The molecule has 1 saturated carbocycles. The van der Waals surface area contributed by atoms with Gasteiger partial charge >= 0.3 is 5.97 Å². The summed E-state index contributed by atoms with van der Waals surface area (Å²) in [5.74, 6) is -0.858. The van der Waals surface area contributed by atoms with Gasteiger partial charge in [-0.1, -0.05) is 37.1 Å². The van der Waals surface area contributed by atoms with Crippen molar-refractivity contribution in [2.75, 3.05) is 0 Å². The summed E-state index contributed by atoms with van der Waals surface area (Å²) in [6, 6.07) is 6.80. The Hall–Kier alpha value is -2.37. The maximum absolute atomic E-state index is 10.9. The summed E-state index contributed by atoms with van der Waals surface area (Å²) in [7, 11) is 0. The zero-order chi connectivity index (χ0) is 17.4. The van der Waals surface area contributed by atoms with Crippen molar-refractivity contribution in [2.45, 2.75) is 64.0 Å². The van der Waals surface area contributed by atoms with E-state index in [2.05, 4.69) is 28.9 Å². The molecule has 6 nitrogen and oxygen atoms in total. The van der Waals surface area contributed by atoms with Crippen LogP contribution in [0, 0.1) is 0 Å². The Morgan fingerprint density at radius 2 is 2.16 bits per heavy atom. The molecule has 1 unspecified atom stereocenters. The summed E-state index contributed by atoms with van der Waals surface area (Å²) in [6.07, 6.45) is 5.99. The lowest BCUT2D eigenvalue weighted by Crippen LogP contribution is -2.13. The second kappa shape index (κ2) is 6.50. The van der Waals surface area contributed by atoms with Crippen LogP contribution in [0.25, 0.3) is 10.9 Å². The van der Waals surface area contributed by atoms with Crippen molar-refractivity contribution in [2.24, 2.45) is 5.16 Å². The van der Waals surface area contributed by atoms with E-state index < -0.39 is 5.97 Å². The minimum Gasteiger partial charge on any atom is -0.481 e. The van der Waals surface area contributed by atoms with E-state index in [1.165, 1.54) is 31.1 Å². The van der Waals surface area contributed by atoms with Gasteiger partial charge in [-0.25, -0.2) is 0 Å². The predicted octanol–water partition coefficient (Wildman–Crippen LogP) is 3.68. The summed E-state index contributed by atoms with van der Waals surface area (Å²) < 4.78 is 2.20. The molecule has 0 radical (unpaired) electrons. The number of carbonyl (C=O) groups is 1. The molecule has 1 aromatic carbocycles. The lowest BCUT2D eigenvalue weighted by Gasteiger charge is -2.11. The van der Waals surface area contributed by atoms with Gasteiger partial charge < -0.3 is 9.94 Å². The Balaban J connectivity index is 1.67. The van der Waals surface area contributed by atoms with E-state index in [9.17, 15) is 4.79 Å². The first kappa shape index (κ1) is 16.1. The maximum Gasteiger partial charge on any atom is 0.307 e. The molecule has 2 aliphatic rings. The number of carboxylic acid groups (broad SMARTS) is 1. The third kappa shape index (κ3) is 3.01. The highest BCUT2D eigenvalue weighted by Crippen LogP contribution is 2.33. The molecule has 0 saturated heterocycles. The van der Waals surface area contributed by atoms with Crippen LogP contribution >= 0.6 is 0 Å². The molecule has 1 aliphatic carbocycles. The standard InChI is InChI=1S/C19H23N3O3/c1-2-16-15-8-7-12(17-10-14(25-21-17)11-19(23)24)9-18(15)22(20-16)13-5-3-4-6-13/h7-9,13-14H,2-6,10-11H2,1H3,(H,23,24). The van der Waals surface area contributed by atoms with E-state index in [1.807, 2.05) is 6.07 Å². The molecule has 2 aromatic rings. The average Bonchev–Trinajstić information content (AvgIpc) is 3.32. The van der Waals surface area contributed by atoms with Crippen molar-refractivity contribution in [3.63, 3.8) is 0 Å². The topological polar surface area (TPSA) is 76.7 Å². The molecule has 6 heteroatoms. The number of benzene rings is 1. The smallest absolute Gasteiger partial charge is 0.307 e. The van der Waals surface area contributed by atoms with Crippen molar-refractivity contribution in [1.29, 1.82) is 0 Å². The lowest BCUT2D eigenvalue weighted by atomic mass is 10.0. The Kier molecular flexibility index (Phi) is 4.19. The van der Waals surface area contributed by atoms with E-state index in [-0.39, 0.29) is 12.5 Å². The molecule has 0 spiro atoms. The molecule has 132 valence electrons. The van der Waals surface area contributed by atoms with Crippen molar-refractivity contribution < 1.29 is 14.7 Å². The van der Waals surface area contributed by atoms with Crippen molar-refractivity contribution in [3.8, 4) is 0 Å². The van der Waals surface area contributed by atoms with E-state index in [0.717, 1.165) is 28.9 Å². The van der Waals surface area contributed by atoms with Gasteiger partial charge in [-0.15, -0.1) is 0 Å². The van der Waals surface area contributed by atoms with Gasteiger partial charge in [-0.3, -0.25) is 9.48 Å². The number of fused-ring (bicyclic) bond motifs is 1. The molecule has 1 aromatic heterocycles. The van der Waals surface area contributed by atoms with Crippen molar-refractivity contribution >= 4 is 22.6 Å². The molecule has 0 amide bonds. The second-order valence-corrected chi connectivity index (χ2v) is 6.98. The van der Waals surface area contributed by atoms with Crippen molar-refractivity contribution in [1.82, 2.24) is 9.78 Å². The fourth-order valence-electron chi connectivity index (χ4n) is 3.97. The number of aromatic nitrogens is 2. The normalized spacial score (nSPS) is 20.8. The quantitative estimate of drug-likeness (QED) is 0.900. The van der Waals surface area contributed by atoms with E-state index >= 15 is 0 Å². The molecular formula is C19H23N3O3. The number of carboxylic acids is 1. The van der Waals surface area contributed by atoms with Gasteiger partial charge in [0.1, 0.15) is 6.10 Å². The number of hydrogen-bond acceptors (Lipinski definition) is 4. The van der Waals surface area contributed by atoms with Crippen LogP contribution in [0.15, 0.2) is 23.4 Å².